The summed E-state index contributed by atoms with van der Waals surface area (Å²) >= 11 is 27.9. The van der Waals surface area contributed by atoms with Gasteiger partial charge in [0, 0.05) is 69.4 Å². The van der Waals surface area contributed by atoms with Crippen LogP contribution in [0.2, 0.25) is 0 Å². The number of rotatable bonds is 20. The third-order valence-corrected chi connectivity index (χ3v) is 19.0. The molecule has 10 rings (SSSR count). The summed E-state index contributed by atoms with van der Waals surface area (Å²) in [5.74, 6) is 4.81. The van der Waals surface area contributed by atoms with Crippen molar-refractivity contribution in [3.8, 4) is 0 Å². The Morgan fingerprint density at radius 3 is 1.20 bits per heavy atom. The van der Waals surface area contributed by atoms with Crippen LogP contribution in [0.1, 0.15) is 231 Å². The van der Waals surface area contributed by atoms with Gasteiger partial charge in [0.15, 0.2) is 10.3 Å². The van der Waals surface area contributed by atoms with E-state index in [4.69, 9.17) is 54.7 Å². The molecule has 0 atom stereocenters. The number of amidine groups is 1. The fourth-order valence-corrected chi connectivity index (χ4v) is 13.5. The van der Waals surface area contributed by atoms with Gasteiger partial charge in [0.1, 0.15) is 28.0 Å². The molecule has 0 unspecified atom stereocenters. The highest BCUT2D eigenvalue weighted by atomic mass is 80.0. The van der Waals surface area contributed by atoms with Crippen molar-refractivity contribution in [2.45, 2.75) is 237 Å². The Morgan fingerprint density at radius 1 is 0.566 bits per heavy atom. The maximum atomic E-state index is 12.3. The maximum absolute atomic E-state index is 12.3. The van der Waals surface area contributed by atoms with E-state index in [1.807, 2.05) is 84.9 Å². The Morgan fingerprint density at radius 2 is 0.879 bits per heavy atom. The lowest BCUT2D eigenvalue weighted by Gasteiger charge is -2.21. The number of thioether (sulfide) groups is 1. The van der Waals surface area contributed by atoms with E-state index < -0.39 is 0 Å². The van der Waals surface area contributed by atoms with Crippen molar-refractivity contribution >= 4 is 164 Å². The predicted octanol–water partition coefficient (Wildman–Crippen LogP) is 21.2. The Labute approximate surface area is 659 Å². The molecule has 1 saturated heterocycles. The van der Waals surface area contributed by atoms with Crippen LogP contribution in [-0.4, -0.2) is 75.5 Å². The van der Waals surface area contributed by atoms with E-state index in [2.05, 4.69) is 98.2 Å². The second-order valence-electron chi connectivity index (χ2n) is 25.2. The highest BCUT2D eigenvalue weighted by Crippen LogP contribution is 2.59. The second kappa shape index (κ2) is 65.6. The third kappa shape index (κ3) is 53.5. The van der Waals surface area contributed by atoms with Crippen LogP contribution in [0.4, 0.5) is 0 Å². The summed E-state index contributed by atoms with van der Waals surface area (Å²) in [4.78, 5) is 47.2. The Kier molecular flexibility index (Phi) is 64.4. The van der Waals surface area contributed by atoms with E-state index >= 15 is 0 Å². The van der Waals surface area contributed by atoms with Gasteiger partial charge in [-0.3, -0.25) is 24.6 Å². The molecule has 0 aromatic heterocycles. The molecule has 2 heterocycles. The summed E-state index contributed by atoms with van der Waals surface area (Å²) in [5.41, 5.74) is 28.9. The zero-order chi connectivity index (χ0) is 72.4. The number of aliphatic hydroxyl groups excluding tert-OH is 2. The number of nitrogens with two attached hydrogens (primary N) is 4. The molecule has 0 bridgehead atoms. The number of Topliss-reactive ketones (excluding diaryl/α,β-unsaturated/α-hetero) is 3. The average molecular weight is 1790 g/mol. The van der Waals surface area contributed by atoms with Crippen molar-refractivity contribution < 1.29 is 38.9 Å². The number of ketones is 3. The SMILES string of the molecule is Br.BrP(Br)Br.C1CCOC1.CCO.ClCCl.N=C(N)SCc1ccccc1CC(=O)CCC1CCCCC1.NC(N)=S.NCC1CCCCC1.O=C(CCC1CCCCC1)Cc1ccccc1CBr.O=C(CCC1CCCCC1)Cc1ccccc1CO.O=C1Cc2ccccc2CO1. The number of halogens is 7. The molecule has 4 saturated carbocycles. The van der Waals surface area contributed by atoms with Crippen LogP contribution >= 0.6 is 131 Å². The number of aliphatic hydroxyl groups is 2. The van der Waals surface area contributed by atoms with Gasteiger partial charge in [-0.1, -0.05) is 240 Å². The van der Waals surface area contributed by atoms with Crippen molar-refractivity contribution in [2.24, 2.45) is 46.6 Å². The highest BCUT2D eigenvalue weighted by Gasteiger charge is 2.20. The standard InChI is InChI=1S/C18H26N2OS.C17H23BrO.C17H24O2.C9H8O2.C7H15N.C4H8O.C2H6O.CH2Cl2.CH4N2S.Br3P.BrH/c19-18(20)22-13-16-9-5-4-8-15(16)12-17(21)11-10-14-6-2-1-3-7-14;2*18-13-16-9-5-4-8-15(16)12-17(19)11-10-14-6-2-1-3-7-14;10-9-5-7-3-1-2-4-8(7)6-11-9;8-6-7-4-2-1-3-5-7;1-2-4-5-3-1;1-2-3;2-1-3;2-1(3)4;1-4(2)3;/h4-5,8-9,14H,1-3,6-7,10-13H2,(H3,19,20);4-5,8-9,14H,1-3,6-7,10-13H2;4-5,8-9,14,18H,1-3,6-7,10-13H2;1-4H,5-6H2;7H,1-6,8H2;1-4H2;3H,2H2,1H3;1H2;(H4,2,3,4);;1H. The van der Waals surface area contributed by atoms with E-state index in [1.165, 1.54) is 164 Å². The number of hydrogen-bond acceptors (Lipinski definition) is 12. The van der Waals surface area contributed by atoms with E-state index in [0.717, 1.165) is 108 Å². The highest BCUT2D eigenvalue weighted by molar-refractivity contribution is 9.93. The molecule has 4 aromatic carbocycles. The molecule has 13 nitrogen and oxygen atoms in total. The lowest BCUT2D eigenvalue weighted by Crippen LogP contribution is -2.18. The topological polar surface area (TPSA) is 255 Å². The Balaban J connectivity index is 0.00000116. The molecule has 5 fully saturated rings. The van der Waals surface area contributed by atoms with E-state index in [0.29, 0.717) is 68.2 Å². The first-order valence-corrected chi connectivity index (χ1v) is 46.3. The fourth-order valence-electron chi connectivity index (χ4n) is 12.4. The smallest absolute Gasteiger partial charge is 0.310 e. The Bertz CT molecular complexity index is 2650. The summed E-state index contributed by atoms with van der Waals surface area (Å²) in [5, 5.41) is 25.3. The molecule has 560 valence electrons. The minimum atomic E-state index is -0.183. The molecule has 11 N–H and O–H groups in total. The number of hydrogen-bond donors (Lipinski definition) is 7. The van der Waals surface area contributed by atoms with Crippen molar-refractivity contribution in [3.63, 3.8) is 0 Å². The van der Waals surface area contributed by atoms with Crippen LogP contribution in [0, 0.1) is 29.1 Å². The number of carbonyl (C=O) groups is 4. The Hall–Kier alpha value is -1.88. The number of esters is 1. The van der Waals surface area contributed by atoms with Crippen molar-refractivity contribution in [1.82, 2.24) is 0 Å². The number of carbonyl (C=O) groups excluding carboxylic acids is 4. The molecule has 99 heavy (non-hydrogen) atoms. The lowest BCUT2D eigenvalue weighted by atomic mass is 9.85. The molecule has 4 aromatic rings. The number of benzene rings is 4. The monoisotopic (exact) mass is 1790 g/mol. The summed E-state index contributed by atoms with van der Waals surface area (Å²) in [6, 6.07) is 31.8. The van der Waals surface area contributed by atoms with Crippen molar-refractivity contribution in [1.29, 1.82) is 5.41 Å². The first-order valence-electron chi connectivity index (χ1n) is 35.3. The summed E-state index contributed by atoms with van der Waals surface area (Å²) in [6.07, 6.45) is 37.1. The summed E-state index contributed by atoms with van der Waals surface area (Å²) in [7, 11) is 0. The second-order valence-corrected chi connectivity index (χ2v) is 43.4. The van der Waals surface area contributed by atoms with Crippen LogP contribution in [0.25, 0.3) is 0 Å². The molecule has 0 radical (unpaired) electrons. The van der Waals surface area contributed by atoms with Crippen LogP contribution in [0.15, 0.2) is 97.1 Å². The molecule has 2 aliphatic heterocycles. The normalized spacial score (nSPS) is 15.6. The van der Waals surface area contributed by atoms with Gasteiger partial charge in [-0.25, -0.2) is 0 Å². The van der Waals surface area contributed by atoms with Crippen LogP contribution in [-0.2, 0) is 78.6 Å². The van der Waals surface area contributed by atoms with Crippen molar-refractivity contribution in [3.05, 3.63) is 142 Å². The van der Waals surface area contributed by atoms with Gasteiger partial charge in [0.05, 0.1) is 18.4 Å². The number of alkyl halides is 3. The van der Waals surface area contributed by atoms with Gasteiger partial charge >= 0.3 is 5.97 Å². The number of fused-ring (bicyclic) bond motifs is 1. The van der Waals surface area contributed by atoms with Gasteiger partial charge in [0.2, 0.25) is 0 Å². The molecular weight excluding hydrogens is 1680 g/mol. The van der Waals surface area contributed by atoms with E-state index in [-0.39, 0.29) is 55.8 Å². The quantitative estimate of drug-likeness (QED) is 0.0109. The third-order valence-electron chi connectivity index (χ3n) is 17.6. The largest absolute Gasteiger partial charge is 0.461 e. The van der Waals surface area contributed by atoms with Gasteiger partial charge < -0.3 is 42.6 Å². The average Bonchev–Trinajstić information content (AvgIpc) is 0.952. The van der Waals surface area contributed by atoms with Gasteiger partial charge in [-0.05, 0) is 185 Å². The van der Waals surface area contributed by atoms with Crippen LogP contribution in [0.3, 0.4) is 0 Å². The number of thiocarbonyl (C=S) groups is 1. The van der Waals surface area contributed by atoms with E-state index in [9.17, 15) is 24.3 Å². The van der Waals surface area contributed by atoms with Crippen molar-refractivity contribution in [2.75, 3.05) is 31.7 Å². The molecular formula is C76H117Br5Cl2N5O8PS2. The van der Waals surface area contributed by atoms with Gasteiger partial charge in [0.25, 0.3) is 0 Å². The maximum Gasteiger partial charge on any atom is 0.310 e. The molecule has 6 aliphatic rings. The molecule has 0 spiro atoms. The predicted molar refractivity (Wildman–Crippen MR) is 445 cm³/mol. The summed E-state index contributed by atoms with van der Waals surface area (Å²) < 4.78 is 9.63. The van der Waals surface area contributed by atoms with Crippen LogP contribution < -0.4 is 22.9 Å². The van der Waals surface area contributed by atoms with Crippen LogP contribution in [0.5, 0.6) is 0 Å². The summed E-state index contributed by atoms with van der Waals surface area (Å²) in [6.45, 7) is 5.31. The van der Waals surface area contributed by atoms with E-state index in [1.54, 1.807) is 6.92 Å². The lowest BCUT2D eigenvalue weighted by molar-refractivity contribution is -0.145. The number of nitrogens with one attached hydrogen (secondary N) is 1. The number of cyclic esters (lactones) is 1. The first kappa shape index (κ1) is 97.1. The first-order chi connectivity index (χ1) is 47.3. The minimum absolute atomic E-state index is 0. The van der Waals surface area contributed by atoms with Gasteiger partial charge in [-0.15, -0.1) is 40.2 Å². The molecule has 0 amide bonds. The molecule has 23 heteroatoms. The number of ether oxygens (including phenoxy) is 2. The fraction of sp³-hybridized carbons (Fsp3) is 0.605. The zero-order valence-corrected chi connectivity index (χ0v) is 70.7. The van der Waals surface area contributed by atoms with Gasteiger partial charge in [-0.2, -0.15) is 0 Å². The molecule has 4 aliphatic carbocycles. The minimum Gasteiger partial charge on any atom is -0.461 e. The zero-order valence-electron chi connectivity index (χ0n) is 58.6.